The van der Waals surface area contributed by atoms with E-state index >= 15 is 0 Å². The smallest absolute Gasteiger partial charge is 0.153 e. The monoisotopic (exact) mass is 269 g/mol. The third-order valence-corrected chi connectivity index (χ3v) is 6.43. The van der Waals surface area contributed by atoms with Gasteiger partial charge in [0.2, 0.25) is 0 Å². The highest BCUT2D eigenvalue weighted by Crippen LogP contribution is 2.25. The van der Waals surface area contributed by atoms with E-state index in [-0.39, 0.29) is 5.25 Å². The maximum atomic E-state index is 11.9. The minimum absolute atomic E-state index is 0.231. The van der Waals surface area contributed by atoms with Gasteiger partial charge >= 0.3 is 0 Å². The fraction of sp³-hybridized carbons (Fsp3) is 0.833. The van der Waals surface area contributed by atoms with Crippen LogP contribution in [0, 0.1) is 5.92 Å². The number of rotatable bonds is 2. The molecule has 2 atom stereocenters. The van der Waals surface area contributed by atoms with Gasteiger partial charge in [0.15, 0.2) is 9.84 Å². The normalized spacial score (nSPS) is 30.3. The molecule has 0 amide bonds. The topological polar surface area (TPSA) is 64.8 Å². The highest BCUT2D eigenvalue weighted by atomic mass is 32.2. The minimum Gasteiger partial charge on any atom is -0.315 e. The van der Waals surface area contributed by atoms with Crippen molar-refractivity contribution in [1.29, 1.82) is 0 Å². The van der Waals surface area contributed by atoms with Gasteiger partial charge < -0.3 is 4.57 Å². The standard InChI is InChI=1S/C12H19N3O2S/c1-9-4-5-15-11(7-9)13-14-12(15)8-10-3-2-6-18(10,16)17/h9-10H,2-8H2,1H3. The Balaban J connectivity index is 1.82. The molecule has 3 heterocycles. The number of hydrogen-bond donors (Lipinski definition) is 0. The summed E-state index contributed by atoms with van der Waals surface area (Å²) in [7, 11) is -2.88. The van der Waals surface area contributed by atoms with Crippen LogP contribution in [0.4, 0.5) is 0 Å². The first-order valence-corrected chi connectivity index (χ1v) is 8.40. The molecule has 2 aliphatic rings. The summed E-state index contributed by atoms with van der Waals surface area (Å²) in [6.07, 6.45) is 4.22. The lowest BCUT2D eigenvalue weighted by Gasteiger charge is -2.20. The fourth-order valence-electron chi connectivity index (χ4n) is 2.99. The largest absolute Gasteiger partial charge is 0.315 e. The van der Waals surface area contributed by atoms with Crippen LogP contribution < -0.4 is 0 Å². The van der Waals surface area contributed by atoms with Crippen molar-refractivity contribution in [2.45, 2.75) is 50.8 Å². The number of nitrogens with zero attached hydrogens (tertiary/aromatic N) is 3. The molecule has 6 heteroatoms. The summed E-state index contributed by atoms with van der Waals surface area (Å²) in [5.74, 6) is 2.90. The predicted octanol–water partition coefficient (Wildman–Crippen LogP) is 0.980. The van der Waals surface area contributed by atoms with E-state index in [1.807, 2.05) is 0 Å². The molecule has 0 aliphatic carbocycles. The quantitative estimate of drug-likeness (QED) is 0.803. The molecule has 2 unspecified atom stereocenters. The Hall–Kier alpha value is -0.910. The Bertz CT molecular complexity index is 550. The molecule has 1 aromatic heterocycles. The Labute approximate surface area is 108 Å². The van der Waals surface area contributed by atoms with E-state index < -0.39 is 9.84 Å². The van der Waals surface area contributed by atoms with Crippen molar-refractivity contribution in [3.05, 3.63) is 11.6 Å². The first kappa shape index (κ1) is 12.1. The summed E-state index contributed by atoms with van der Waals surface area (Å²) in [4.78, 5) is 0. The van der Waals surface area contributed by atoms with Gasteiger partial charge in [-0.05, 0) is 25.2 Å². The van der Waals surface area contributed by atoms with E-state index in [4.69, 9.17) is 0 Å². The van der Waals surface area contributed by atoms with Gasteiger partial charge in [-0.15, -0.1) is 10.2 Å². The lowest BCUT2D eigenvalue weighted by Crippen LogP contribution is -2.23. The maximum Gasteiger partial charge on any atom is 0.153 e. The van der Waals surface area contributed by atoms with Crippen molar-refractivity contribution in [2.24, 2.45) is 5.92 Å². The summed E-state index contributed by atoms with van der Waals surface area (Å²) < 4.78 is 25.8. The van der Waals surface area contributed by atoms with E-state index in [9.17, 15) is 8.42 Å². The van der Waals surface area contributed by atoms with Gasteiger partial charge in [-0.2, -0.15) is 0 Å². The van der Waals surface area contributed by atoms with E-state index in [0.717, 1.165) is 43.9 Å². The average Bonchev–Trinajstić information content (AvgIpc) is 2.84. The van der Waals surface area contributed by atoms with Crippen LogP contribution in [0.1, 0.15) is 37.8 Å². The molecule has 2 aliphatic heterocycles. The molecule has 0 saturated carbocycles. The molecule has 0 spiro atoms. The number of hydrogen-bond acceptors (Lipinski definition) is 4. The molecule has 0 N–H and O–H groups in total. The summed E-state index contributed by atoms with van der Waals surface area (Å²) in [5, 5.41) is 8.19. The van der Waals surface area contributed by atoms with Crippen LogP contribution in [0.15, 0.2) is 0 Å². The zero-order valence-electron chi connectivity index (χ0n) is 10.7. The molecule has 0 bridgehead atoms. The van der Waals surface area contributed by atoms with Gasteiger partial charge in [0.25, 0.3) is 0 Å². The van der Waals surface area contributed by atoms with Crippen LogP contribution in [-0.4, -0.2) is 34.2 Å². The second-order valence-electron chi connectivity index (χ2n) is 5.62. The van der Waals surface area contributed by atoms with Crippen molar-refractivity contribution in [1.82, 2.24) is 14.8 Å². The van der Waals surface area contributed by atoms with Crippen molar-refractivity contribution in [2.75, 3.05) is 5.75 Å². The molecule has 100 valence electrons. The van der Waals surface area contributed by atoms with Gasteiger partial charge in [-0.3, -0.25) is 0 Å². The van der Waals surface area contributed by atoms with E-state index in [1.165, 1.54) is 0 Å². The van der Waals surface area contributed by atoms with Gasteiger partial charge in [0, 0.05) is 19.4 Å². The van der Waals surface area contributed by atoms with Crippen molar-refractivity contribution in [3.8, 4) is 0 Å². The summed E-state index contributed by atoms with van der Waals surface area (Å²) >= 11 is 0. The Kier molecular flexibility index (Phi) is 2.92. The molecular formula is C12H19N3O2S. The third kappa shape index (κ3) is 2.06. The molecule has 0 radical (unpaired) electrons. The number of aromatic nitrogens is 3. The average molecular weight is 269 g/mol. The zero-order valence-corrected chi connectivity index (χ0v) is 11.5. The Morgan fingerprint density at radius 3 is 2.89 bits per heavy atom. The van der Waals surface area contributed by atoms with Crippen LogP contribution in [0.5, 0.6) is 0 Å². The number of fused-ring (bicyclic) bond motifs is 1. The highest BCUT2D eigenvalue weighted by Gasteiger charge is 2.33. The van der Waals surface area contributed by atoms with Gasteiger partial charge in [0.1, 0.15) is 11.6 Å². The second-order valence-corrected chi connectivity index (χ2v) is 8.02. The van der Waals surface area contributed by atoms with Gasteiger partial charge in [0.05, 0.1) is 11.0 Å². The fourth-order valence-corrected chi connectivity index (χ4v) is 4.82. The van der Waals surface area contributed by atoms with E-state index in [2.05, 4.69) is 21.7 Å². The minimum atomic E-state index is -2.88. The van der Waals surface area contributed by atoms with Crippen LogP contribution in [0.2, 0.25) is 0 Å². The van der Waals surface area contributed by atoms with E-state index in [0.29, 0.717) is 18.1 Å². The lowest BCUT2D eigenvalue weighted by molar-refractivity contribution is 0.401. The van der Waals surface area contributed by atoms with Gasteiger partial charge in [-0.1, -0.05) is 6.92 Å². The molecule has 1 saturated heterocycles. The molecule has 3 rings (SSSR count). The predicted molar refractivity (Wildman–Crippen MR) is 68.0 cm³/mol. The summed E-state index contributed by atoms with van der Waals surface area (Å²) in [6, 6.07) is 0. The summed E-state index contributed by atoms with van der Waals surface area (Å²) in [6.45, 7) is 3.16. The zero-order chi connectivity index (χ0) is 12.8. The van der Waals surface area contributed by atoms with Crippen LogP contribution in [0.3, 0.4) is 0 Å². The van der Waals surface area contributed by atoms with Crippen molar-refractivity contribution < 1.29 is 8.42 Å². The Morgan fingerprint density at radius 1 is 1.33 bits per heavy atom. The van der Waals surface area contributed by atoms with Crippen LogP contribution in [-0.2, 0) is 29.2 Å². The first-order valence-electron chi connectivity index (χ1n) is 6.69. The Morgan fingerprint density at radius 2 is 2.17 bits per heavy atom. The maximum absolute atomic E-state index is 11.9. The molecule has 1 fully saturated rings. The molecular weight excluding hydrogens is 250 g/mol. The SMILES string of the molecule is CC1CCn2c(nnc2CC2CCCS2(=O)=O)C1. The second kappa shape index (κ2) is 4.33. The third-order valence-electron chi connectivity index (χ3n) is 4.15. The number of sulfone groups is 1. The van der Waals surface area contributed by atoms with Crippen LogP contribution in [0.25, 0.3) is 0 Å². The lowest BCUT2D eigenvalue weighted by atomic mass is 10.0. The first-order chi connectivity index (χ1) is 8.56. The molecule has 1 aromatic rings. The summed E-state index contributed by atoms with van der Waals surface area (Å²) in [5.41, 5.74) is 0. The van der Waals surface area contributed by atoms with Crippen molar-refractivity contribution in [3.63, 3.8) is 0 Å². The molecule has 18 heavy (non-hydrogen) atoms. The van der Waals surface area contributed by atoms with Gasteiger partial charge in [-0.25, -0.2) is 8.42 Å². The highest BCUT2D eigenvalue weighted by molar-refractivity contribution is 7.92. The molecule has 0 aromatic carbocycles. The van der Waals surface area contributed by atoms with Crippen molar-refractivity contribution >= 4 is 9.84 Å². The molecule has 5 nitrogen and oxygen atoms in total. The van der Waals surface area contributed by atoms with Crippen LogP contribution >= 0.6 is 0 Å². The van der Waals surface area contributed by atoms with E-state index in [1.54, 1.807) is 0 Å².